The normalized spacial score (nSPS) is 9.55. The fourth-order valence-electron chi connectivity index (χ4n) is 1.63. The molecular formula is C15H16N4O3. The number of hydrogen-bond donors (Lipinski definition) is 1. The molecule has 0 bridgehead atoms. The van der Waals surface area contributed by atoms with Crippen LogP contribution in [0, 0.1) is 11.8 Å². The summed E-state index contributed by atoms with van der Waals surface area (Å²) in [5.74, 6) is 6.58. The predicted octanol–water partition coefficient (Wildman–Crippen LogP) is 0.636. The van der Waals surface area contributed by atoms with Gasteiger partial charge in [-0.25, -0.2) is 0 Å². The van der Waals surface area contributed by atoms with Gasteiger partial charge in [-0.1, -0.05) is 29.2 Å². The Morgan fingerprint density at radius 3 is 2.77 bits per heavy atom. The van der Waals surface area contributed by atoms with Gasteiger partial charge < -0.3 is 14.8 Å². The van der Waals surface area contributed by atoms with Crippen molar-refractivity contribution in [3.8, 4) is 23.3 Å². The molecule has 0 saturated carbocycles. The molecule has 0 aliphatic heterocycles. The monoisotopic (exact) mass is 300 g/mol. The average Bonchev–Trinajstić information content (AvgIpc) is 2.97. The number of ether oxygens (including phenoxy) is 2. The molecule has 114 valence electrons. The maximum atomic E-state index is 11.7. The van der Waals surface area contributed by atoms with Crippen LogP contribution in [-0.2, 0) is 7.05 Å². The van der Waals surface area contributed by atoms with Gasteiger partial charge >= 0.3 is 0 Å². The number of aromatic nitrogens is 3. The fourth-order valence-corrected chi connectivity index (χ4v) is 1.63. The second kappa shape index (κ2) is 7.69. The third kappa shape index (κ3) is 4.24. The second-order valence-electron chi connectivity index (χ2n) is 4.25. The number of aryl methyl sites for hydroxylation is 1. The lowest BCUT2D eigenvalue weighted by Gasteiger charge is -2.07. The van der Waals surface area contributed by atoms with Crippen LogP contribution in [0.3, 0.4) is 0 Å². The Labute approximate surface area is 128 Å². The van der Waals surface area contributed by atoms with Gasteiger partial charge in [0.2, 0.25) is 0 Å². The van der Waals surface area contributed by atoms with E-state index in [-0.39, 0.29) is 24.8 Å². The molecule has 0 saturated heterocycles. The molecule has 1 amide bonds. The molecule has 0 unspecified atom stereocenters. The quantitative estimate of drug-likeness (QED) is 0.820. The number of benzene rings is 1. The number of hydrogen-bond acceptors (Lipinski definition) is 5. The number of rotatable bonds is 5. The number of nitrogens with one attached hydrogen (secondary N) is 1. The largest absolute Gasteiger partial charge is 0.493 e. The third-order valence-corrected chi connectivity index (χ3v) is 2.67. The van der Waals surface area contributed by atoms with Gasteiger partial charge in [-0.05, 0) is 12.1 Å². The Morgan fingerprint density at radius 2 is 2.09 bits per heavy atom. The molecule has 1 heterocycles. The zero-order valence-electron chi connectivity index (χ0n) is 12.4. The van der Waals surface area contributed by atoms with Crippen LogP contribution in [0.1, 0.15) is 10.5 Å². The van der Waals surface area contributed by atoms with E-state index in [1.807, 2.05) is 18.2 Å². The minimum atomic E-state index is -0.312. The van der Waals surface area contributed by atoms with Crippen LogP contribution in [0.5, 0.6) is 11.5 Å². The first-order valence-electron chi connectivity index (χ1n) is 6.57. The van der Waals surface area contributed by atoms with E-state index in [4.69, 9.17) is 9.47 Å². The van der Waals surface area contributed by atoms with E-state index in [1.165, 1.54) is 10.9 Å². The minimum absolute atomic E-state index is 0.210. The van der Waals surface area contributed by atoms with Gasteiger partial charge in [0.05, 0.1) is 19.9 Å². The van der Waals surface area contributed by atoms with Crippen molar-refractivity contribution in [3.63, 3.8) is 0 Å². The molecule has 1 aromatic heterocycles. The molecule has 7 nitrogen and oxygen atoms in total. The highest BCUT2D eigenvalue weighted by molar-refractivity contribution is 5.91. The molecular weight excluding hydrogens is 284 g/mol. The molecule has 2 aromatic rings. The summed E-state index contributed by atoms with van der Waals surface area (Å²) in [6.07, 6.45) is 1.54. The summed E-state index contributed by atoms with van der Waals surface area (Å²) < 4.78 is 12.1. The lowest BCUT2D eigenvalue weighted by atomic mass is 10.3. The summed E-state index contributed by atoms with van der Waals surface area (Å²) in [5.41, 5.74) is 0.259. The van der Waals surface area contributed by atoms with Crippen LogP contribution >= 0.6 is 0 Å². The van der Waals surface area contributed by atoms with Crippen LogP contribution in [0.4, 0.5) is 0 Å². The molecule has 1 aromatic carbocycles. The first kappa shape index (κ1) is 15.4. The van der Waals surface area contributed by atoms with Crippen LogP contribution in [0.25, 0.3) is 0 Å². The Bertz CT molecular complexity index is 700. The predicted molar refractivity (Wildman–Crippen MR) is 79.6 cm³/mol. The molecule has 0 aliphatic rings. The van der Waals surface area contributed by atoms with E-state index in [0.29, 0.717) is 11.5 Å². The summed E-state index contributed by atoms with van der Waals surface area (Å²) in [6, 6.07) is 7.33. The topological polar surface area (TPSA) is 78.3 Å². The summed E-state index contributed by atoms with van der Waals surface area (Å²) in [7, 11) is 3.27. The van der Waals surface area contributed by atoms with Crippen molar-refractivity contribution < 1.29 is 14.3 Å². The van der Waals surface area contributed by atoms with E-state index >= 15 is 0 Å². The standard InChI is InChI=1S/C15H16N4O3/c1-19-11-12(17-18-19)15(20)16-9-5-6-10-22-14-8-4-3-7-13(14)21-2/h3-4,7-8,11H,9-10H2,1-2H3,(H,16,20). The van der Waals surface area contributed by atoms with Crippen LogP contribution < -0.4 is 14.8 Å². The minimum Gasteiger partial charge on any atom is -0.493 e. The maximum absolute atomic E-state index is 11.7. The van der Waals surface area contributed by atoms with Gasteiger partial charge in [0, 0.05) is 7.05 Å². The van der Waals surface area contributed by atoms with Crippen molar-refractivity contribution in [2.75, 3.05) is 20.3 Å². The van der Waals surface area contributed by atoms with Crippen molar-refractivity contribution in [1.29, 1.82) is 0 Å². The van der Waals surface area contributed by atoms with Gasteiger partial charge in [0.1, 0.15) is 6.61 Å². The van der Waals surface area contributed by atoms with E-state index in [2.05, 4.69) is 27.5 Å². The third-order valence-electron chi connectivity index (χ3n) is 2.67. The number of amides is 1. The highest BCUT2D eigenvalue weighted by Crippen LogP contribution is 2.25. The number of carbonyl (C=O) groups excluding carboxylic acids is 1. The first-order valence-corrected chi connectivity index (χ1v) is 6.57. The van der Waals surface area contributed by atoms with E-state index in [9.17, 15) is 4.79 Å². The maximum Gasteiger partial charge on any atom is 0.274 e. The van der Waals surface area contributed by atoms with Crippen LogP contribution in [0.15, 0.2) is 30.5 Å². The SMILES string of the molecule is COc1ccccc1OCC#CCNC(=O)c1cn(C)nn1. The van der Waals surface area contributed by atoms with E-state index in [0.717, 1.165) is 0 Å². The van der Waals surface area contributed by atoms with Crippen molar-refractivity contribution >= 4 is 5.91 Å². The van der Waals surface area contributed by atoms with Crippen molar-refractivity contribution in [2.45, 2.75) is 0 Å². The molecule has 22 heavy (non-hydrogen) atoms. The molecule has 0 aliphatic carbocycles. The van der Waals surface area contributed by atoms with Crippen molar-refractivity contribution in [2.24, 2.45) is 7.05 Å². The summed E-state index contributed by atoms with van der Waals surface area (Å²) in [6.45, 7) is 0.423. The Morgan fingerprint density at radius 1 is 1.32 bits per heavy atom. The summed E-state index contributed by atoms with van der Waals surface area (Å²) in [5, 5.41) is 10.0. The number of methoxy groups -OCH3 is 1. The van der Waals surface area contributed by atoms with Crippen LogP contribution in [-0.4, -0.2) is 41.2 Å². The Kier molecular flexibility index (Phi) is 5.37. The highest BCUT2D eigenvalue weighted by Gasteiger charge is 2.07. The fraction of sp³-hybridized carbons (Fsp3) is 0.267. The first-order chi connectivity index (χ1) is 10.7. The van der Waals surface area contributed by atoms with Crippen molar-refractivity contribution in [1.82, 2.24) is 20.3 Å². The molecule has 0 radical (unpaired) electrons. The number of para-hydroxylation sites is 2. The van der Waals surface area contributed by atoms with Crippen LogP contribution in [0.2, 0.25) is 0 Å². The number of nitrogens with zero attached hydrogens (tertiary/aromatic N) is 3. The van der Waals surface area contributed by atoms with Gasteiger partial charge in [-0.2, -0.15) is 0 Å². The molecule has 0 atom stereocenters. The summed E-state index contributed by atoms with van der Waals surface area (Å²) in [4.78, 5) is 11.7. The smallest absolute Gasteiger partial charge is 0.274 e. The number of carbonyl (C=O) groups is 1. The zero-order chi connectivity index (χ0) is 15.8. The van der Waals surface area contributed by atoms with Gasteiger partial charge in [-0.3, -0.25) is 9.48 Å². The van der Waals surface area contributed by atoms with E-state index < -0.39 is 0 Å². The molecule has 7 heteroatoms. The van der Waals surface area contributed by atoms with Gasteiger partial charge in [0.15, 0.2) is 17.2 Å². The molecule has 0 fully saturated rings. The second-order valence-corrected chi connectivity index (χ2v) is 4.25. The molecule has 0 spiro atoms. The average molecular weight is 300 g/mol. The Hall–Kier alpha value is -3.01. The lowest BCUT2D eigenvalue weighted by molar-refractivity contribution is 0.0953. The van der Waals surface area contributed by atoms with Gasteiger partial charge in [-0.15, -0.1) is 5.10 Å². The molecule has 2 rings (SSSR count). The summed E-state index contributed by atoms with van der Waals surface area (Å²) >= 11 is 0. The zero-order valence-corrected chi connectivity index (χ0v) is 12.4. The highest BCUT2D eigenvalue weighted by atomic mass is 16.5. The Balaban J connectivity index is 1.74. The molecule has 1 N–H and O–H groups in total. The van der Waals surface area contributed by atoms with Gasteiger partial charge in [0.25, 0.3) is 5.91 Å². The van der Waals surface area contributed by atoms with E-state index in [1.54, 1.807) is 20.2 Å². The lowest BCUT2D eigenvalue weighted by Crippen LogP contribution is -2.24. The van der Waals surface area contributed by atoms with Crippen molar-refractivity contribution in [3.05, 3.63) is 36.2 Å².